The van der Waals surface area contributed by atoms with Gasteiger partial charge >= 0.3 is 11.6 Å². The molecule has 0 atom stereocenters. The van der Waals surface area contributed by atoms with Gasteiger partial charge in [0, 0.05) is 15.7 Å². The summed E-state index contributed by atoms with van der Waals surface area (Å²) in [6, 6.07) is 8.72. The van der Waals surface area contributed by atoms with E-state index in [-0.39, 0.29) is 33.6 Å². The van der Waals surface area contributed by atoms with Crippen molar-refractivity contribution in [2.75, 3.05) is 14.2 Å². The van der Waals surface area contributed by atoms with E-state index in [1.54, 1.807) is 0 Å². The molecular formula is C15H15N3O6+2. The largest absolute Gasteiger partial charge is 0.601 e. The Kier molecular flexibility index (Phi) is 3.60. The molecule has 2 aromatic carbocycles. The molecule has 3 rings (SSSR count). The molecule has 0 radical (unpaired) electrons. The Morgan fingerprint density at radius 3 is 2.67 bits per heavy atom. The number of aromatic hydroxyl groups is 1. The molecule has 0 bridgehead atoms. The SMILES string of the molecule is CO[N+](C)=C(O)Oc1cccc2c1n(O)c1cccc(O)c1[n+]2=O. The van der Waals surface area contributed by atoms with E-state index < -0.39 is 6.08 Å². The Bertz CT molecular complexity index is 1040. The second kappa shape index (κ2) is 5.61. The molecule has 0 aliphatic rings. The summed E-state index contributed by atoms with van der Waals surface area (Å²) in [5.41, 5.74) is 0.0403. The van der Waals surface area contributed by atoms with Crippen LogP contribution in [0.4, 0.5) is 0 Å². The molecule has 24 heavy (non-hydrogen) atoms. The third-order valence-corrected chi connectivity index (χ3v) is 3.58. The minimum Gasteiger partial charge on any atom is -0.502 e. The lowest BCUT2D eigenvalue weighted by atomic mass is 10.2. The average molecular weight is 333 g/mol. The third-order valence-electron chi connectivity index (χ3n) is 3.58. The van der Waals surface area contributed by atoms with Gasteiger partial charge in [0.2, 0.25) is 0 Å². The fourth-order valence-corrected chi connectivity index (χ4v) is 2.35. The summed E-state index contributed by atoms with van der Waals surface area (Å²) in [6.45, 7) is 0. The summed E-state index contributed by atoms with van der Waals surface area (Å²) in [4.78, 5) is 17.3. The first-order chi connectivity index (χ1) is 11.5. The van der Waals surface area contributed by atoms with Gasteiger partial charge in [-0.15, -0.1) is 0 Å². The van der Waals surface area contributed by atoms with Crippen LogP contribution < -0.4 is 9.16 Å². The maximum atomic E-state index is 12.6. The minimum absolute atomic E-state index is 0.0154. The predicted molar refractivity (Wildman–Crippen MR) is 83.1 cm³/mol. The molecule has 124 valence electrons. The molecular weight excluding hydrogens is 318 g/mol. The van der Waals surface area contributed by atoms with Crippen LogP contribution in [-0.4, -0.2) is 45.1 Å². The molecule has 0 saturated carbocycles. The zero-order chi connectivity index (χ0) is 17.4. The van der Waals surface area contributed by atoms with Crippen molar-refractivity contribution in [3.63, 3.8) is 0 Å². The first-order valence-electron chi connectivity index (χ1n) is 6.88. The van der Waals surface area contributed by atoms with Crippen molar-refractivity contribution in [2.24, 2.45) is 0 Å². The molecule has 0 aliphatic heterocycles. The van der Waals surface area contributed by atoms with Crippen LogP contribution in [0.15, 0.2) is 36.4 Å². The summed E-state index contributed by atoms with van der Waals surface area (Å²) in [7, 11) is 2.74. The van der Waals surface area contributed by atoms with Crippen LogP contribution in [0.3, 0.4) is 0 Å². The Morgan fingerprint density at radius 1 is 1.25 bits per heavy atom. The fraction of sp³-hybridized carbons (Fsp3) is 0.133. The number of para-hydroxylation sites is 2. The van der Waals surface area contributed by atoms with Gasteiger partial charge in [-0.1, -0.05) is 12.1 Å². The van der Waals surface area contributed by atoms with E-state index in [0.717, 1.165) is 4.74 Å². The molecule has 0 unspecified atom stereocenters. The quantitative estimate of drug-likeness (QED) is 0.162. The monoisotopic (exact) mass is 333 g/mol. The number of hydrogen-bond acceptors (Lipinski definition) is 5. The average Bonchev–Trinajstić information content (AvgIpc) is 2.58. The first-order valence-corrected chi connectivity index (χ1v) is 6.88. The zero-order valence-corrected chi connectivity index (χ0v) is 12.9. The van der Waals surface area contributed by atoms with Gasteiger partial charge in [0.05, 0.1) is 4.43 Å². The van der Waals surface area contributed by atoms with Crippen LogP contribution in [0.25, 0.3) is 22.1 Å². The molecule has 0 spiro atoms. The summed E-state index contributed by atoms with van der Waals surface area (Å²) in [5, 5.41) is 30.2. The van der Waals surface area contributed by atoms with Crippen LogP contribution >= 0.6 is 0 Å². The molecule has 9 nitrogen and oxygen atoms in total. The highest BCUT2D eigenvalue weighted by Gasteiger charge is 2.26. The number of aliphatic hydroxyl groups excluding tert-OH is 1. The number of hydroxylamine groups is 1. The number of aliphatic hydroxyl groups is 1. The number of nitrogens with zero attached hydrogens (tertiary/aromatic N) is 3. The molecule has 0 saturated heterocycles. The summed E-state index contributed by atoms with van der Waals surface area (Å²) < 4.78 is 7.43. The molecule has 1 aromatic heterocycles. The first kappa shape index (κ1) is 15.4. The third kappa shape index (κ3) is 2.22. The summed E-state index contributed by atoms with van der Waals surface area (Å²) in [5.74, 6) is -0.252. The van der Waals surface area contributed by atoms with Crippen LogP contribution in [0.1, 0.15) is 0 Å². The number of fused-ring (bicyclic) bond motifs is 2. The standard InChI is InChI=1S/C15H13N3O6/c1-16(23-2)15(20)24-12-8-4-6-10-14(12)18(22)9-5-3-7-11(19)13(9)17(10)21/h3-8,22H,1-2H3/p+2. The van der Waals surface area contributed by atoms with E-state index in [1.807, 2.05) is 0 Å². The van der Waals surface area contributed by atoms with Gasteiger partial charge in [0.1, 0.15) is 7.11 Å². The van der Waals surface area contributed by atoms with Gasteiger partial charge in [0.25, 0.3) is 5.52 Å². The van der Waals surface area contributed by atoms with Gasteiger partial charge in [-0.2, -0.15) is 4.73 Å². The lowest BCUT2D eigenvalue weighted by Crippen LogP contribution is -2.24. The van der Waals surface area contributed by atoms with E-state index in [9.17, 15) is 20.3 Å². The summed E-state index contributed by atoms with van der Waals surface area (Å²) in [6.07, 6.45) is -0.585. The number of aromatic nitrogens is 2. The highest BCUT2D eigenvalue weighted by molar-refractivity contribution is 5.89. The zero-order valence-electron chi connectivity index (χ0n) is 12.9. The number of rotatable bonds is 2. The van der Waals surface area contributed by atoms with Crippen molar-refractivity contribution in [3.05, 3.63) is 41.3 Å². The van der Waals surface area contributed by atoms with E-state index in [4.69, 9.17) is 9.57 Å². The minimum atomic E-state index is -0.585. The highest BCUT2D eigenvalue weighted by atomic mass is 16.7. The van der Waals surface area contributed by atoms with Gasteiger partial charge in [0.15, 0.2) is 29.6 Å². The van der Waals surface area contributed by atoms with E-state index >= 15 is 0 Å². The Balaban J connectivity index is 2.39. The van der Waals surface area contributed by atoms with Gasteiger partial charge in [-0.25, -0.2) is 0 Å². The van der Waals surface area contributed by atoms with Crippen molar-refractivity contribution < 1.29 is 34.2 Å². The number of phenolic OH excluding ortho intramolecular Hbond substituents is 1. The Hall–Kier alpha value is -3.49. The van der Waals surface area contributed by atoms with Crippen molar-refractivity contribution in [3.8, 4) is 11.5 Å². The number of ether oxygens (including phenoxy) is 1. The number of benzene rings is 2. The van der Waals surface area contributed by atoms with Crippen LogP contribution in [0.5, 0.6) is 11.5 Å². The fourth-order valence-electron chi connectivity index (χ4n) is 2.35. The number of hydrogen-bond donors (Lipinski definition) is 3. The Morgan fingerprint density at radius 2 is 1.96 bits per heavy atom. The Labute approximate surface area is 135 Å². The maximum absolute atomic E-state index is 12.6. The predicted octanol–water partition coefficient (Wildman–Crippen LogP) is 1.15. The molecule has 0 fully saturated rings. The van der Waals surface area contributed by atoms with Crippen molar-refractivity contribution in [1.29, 1.82) is 0 Å². The van der Waals surface area contributed by atoms with Crippen molar-refractivity contribution in [1.82, 2.24) is 4.73 Å². The van der Waals surface area contributed by atoms with E-state index in [0.29, 0.717) is 9.16 Å². The highest BCUT2D eigenvalue weighted by Crippen LogP contribution is 2.28. The summed E-state index contributed by atoms with van der Waals surface area (Å²) >= 11 is 0. The van der Waals surface area contributed by atoms with Gasteiger partial charge in [-0.05, 0) is 18.2 Å². The second-order valence-corrected chi connectivity index (χ2v) is 4.94. The van der Waals surface area contributed by atoms with Gasteiger partial charge in [-0.3, -0.25) is 4.84 Å². The normalized spacial score (nSPS) is 12.2. The van der Waals surface area contributed by atoms with Crippen LogP contribution in [0, 0.1) is 4.91 Å². The smallest absolute Gasteiger partial charge is 0.502 e. The van der Waals surface area contributed by atoms with E-state index in [2.05, 4.69) is 0 Å². The molecule has 0 aliphatic carbocycles. The molecule has 0 amide bonds. The maximum Gasteiger partial charge on any atom is 0.601 e. The molecule has 9 heteroatoms. The van der Waals surface area contributed by atoms with Crippen LogP contribution in [0.2, 0.25) is 0 Å². The molecule has 1 heterocycles. The lowest BCUT2D eigenvalue weighted by Gasteiger charge is -2.07. The lowest BCUT2D eigenvalue weighted by molar-refractivity contribution is -0.769. The molecule has 3 aromatic rings. The molecule has 3 N–H and O–H groups in total. The topological polar surface area (TPSA) is 110 Å². The number of phenols is 1. The van der Waals surface area contributed by atoms with Gasteiger partial charge < -0.3 is 20.2 Å². The van der Waals surface area contributed by atoms with Crippen molar-refractivity contribution >= 4 is 28.2 Å². The van der Waals surface area contributed by atoms with Crippen LogP contribution in [-0.2, 0) is 4.84 Å². The van der Waals surface area contributed by atoms with Crippen molar-refractivity contribution in [2.45, 2.75) is 0 Å². The van der Waals surface area contributed by atoms with E-state index in [1.165, 1.54) is 50.6 Å². The second-order valence-electron chi connectivity index (χ2n) is 4.94.